The molecule has 1 aromatic carbocycles. The highest BCUT2D eigenvalue weighted by Gasteiger charge is 2.10. The van der Waals surface area contributed by atoms with Gasteiger partial charge in [-0.3, -0.25) is 10.1 Å². The van der Waals surface area contributed by atoms with Crippen molar-refractivity contribution in [3.63, 3.8) is 0 Å². The van der Waals surface area contributed by atoms with E-state index in [1.165, 1.54) is 19.2 Å². The summed E-state index contributed by atoms with van der Waals surface area (Å²) in [6, 6.07) is 4.63. The molecular weight excluding hydrogens is 210 g/mol. The summed E-state index contributed by atoms with van der Waals surface area (Å²) >= 11 is 0. The summed E-state index contributed by atoms with van der Waals surface area (Å²) in [6.45, 7) is 1.69. The molecule has 88 valence electrons. The fourth-order valence-corrected chi connectivity index (χ4v) is 1.39. The first-order chi connectivity index (χ1) is 7.52. The Morgan fingerprint density at radius 2 is 2.19 bits per heavy atom. The highest BCUT2D eigenvalue weighted by Crippen LogP contribution is 2.23. The standard InChI is InChI=1S/C11H15NO4/c1-8(13)3-4-9-5-10(12(14)15)7-11(6-9)16-2/h5-8,13H,3-4H2,1-2H3. The van der Waals surface area contributed by atoms with Gasteiger partial charge in [0.2, 0.25) is 0 Å². The van der Waals surface area contributed by atoms with Crippen LogP contribution in [0.25, 0.3) is 0 Å². The summed E-state index contributed by atoms with van der Waals surface area (Å²) in [5.41, 5.74) is 0.812. The molecule has 0 heterocycles. The maximum atomic E-state index is 10.7. The molecule has 0 aliphatic heterocycles. The van der Waals surface area contributed by atoms with Crippen LogP contribution in [0, 0.1) is 10.1 Å². The number of hydrogen-bond acceptors (Lipinski definition) is 4. The van der Waals surface area contributed by atoms with E-state index in [9.17, 15) is 10.1 Å². The molecule has 0 aliphatic rings. The van der Waals surface area contributed by atoms with E-state index in [-0.39, 0.29) is 5.69 Å². The number of aliphatic hydroxyl groups is 1. The summed E-state index contributed by atoms with van der Waals surface area (Å²) in [6.07, 6.45) is 0.755. The molecule has 1 atom stereocenters. The molecule has 0 amide bonds. The predicted molar refractivity (Wildman–Crippen MR) is 59.7 cm³/mol. The smallest absolute Gasteiger partial charge is 0.273 e. The molecular formula is C11H15NO4. The van der Waals surface area contributed by atoms with Crippen LogP contribution in [0.1, 0.15) is 18.9 Å². The second kappa shape index (κ2) is 5.46. The third kappa shape index (κ3) is 3.51. The Balaban J connectivity index is 2.90. The lowest BCUT2D eigenvalue weighted by Gasteiger charge is -2.06. The number of nitro benzene ring substituents is 1. The number of ether oxygens (including phenoxy) is 1. The Morgan fingerprint density at radius 3 is 2.69 bits per heavy atom. The van der Waals surface area contributed by atoms with E-state index in [0.29, 0.717) is 18.6 Å². The Labute approximate surface area is 93.8 Å². The van der Waals surface area contributed by atoms with Crippen molar-refractivity contribution < 1.29 is 14.8 Å². The average Bonchev–Trinajstić information content (AvgIpc) is 2.25. The van der Waals surface area contributed by atoms with Crippen LogP contribution in [0.15, 0.2) is 18.2 Å². The molecule has 5 heteroatoms. The van der Waals surface area contributed by atoms with Gasteiger partial charge in [0.25, 0.3) is 5.69 Å². The molecule has 1 rings (SSSR count). The first-order valence-corrected chi connectivity index (χ1v) is 5.03. The number of methoxy groups -OCH3 is 1. The van der Waals surface area contributed by atoms with Crippen molar-refractivity contribution >= 4 is 5.69 Å². The molecule has 16 heavy (non-hydrogen) atoms. The van der Waals surface area contributed by atoms with Crippen LogP contribution in [0.3, 0.4) is 0 Å². The minimum atomic E-state index is -0.450. The Hall–Kier alpha value is -1.62. The molecule has 0 aliphatic carbocycles. The molecule has 0 aromatic heterocycles. The third-order valence-corrected chi connectivity index (χ3v) is 2.25. The maximum Gasteiger partial charge on any atom is 0.273 e. The quantitative estimate of drug-likeness (QED) is 0.613. The van der Waals surface area contributed by atoms with Gasteiger partial charge >= 0.3 is 0 Å². The van der Waals surface area contributed by atoms with Gasteiger partial charge in [-0.05, 0) is 31.4 Å². The number of hydrogen-bond donors (Lipinski definition) is 1. The van der Waals surface area contributed by atoms with Crippen molar-refractivity contribution in [2.75, 3.05) is 7.11 Å². The van der Waals surface area contributed by atoms with Gasteiger partial charge in [0.15, 0.2) is 0 Å². The normalized spacial score (nSPS) is 12.2. The Kier molecular flexibility index (Phi) is 4.25. The number of benzene rings is 1. The number of aliphatic hydroxyl groups excluding tert-OH is 1. The number of nitro groups is 1. The van der Waals surface area contributed by atoms with Gasteiger partial charge in [-0.15, -0.1) is 0 Å². The van der Waals surface area contributed by atoms with Crippen molar-refractivity contribution in [2.45, 2.75) is 25.9 Å². The first kappa shape index (κ1) is 12.4. The zero-order valence-electron chi connectivity index (χ0n) is 9.34. The van der Waals surface area contributed by atoms with Crippen LogP contribution in [0.5, 0.6) is 5.75 Å². The fourth-order valence-electron chi connectivity index (χ4n) is 1.39. The van der Waals surface area contributed by atoms with Crippen molar-refractivity contribution in [1.29, 1.82) is 0 Å². The Bertz CT molecular complexity index is 376. The largest absolute Gasteiger partial charge is 0.496 e. The van der Waals surface area contributed by atoms with E-state index >= 15 is 0 Å². The highest BCUT2D eigenvalue weighted by molar-refractivity contribution is 5.42. The van der Waals surface area contributed by atoms with Crippen LogP contribution in [0.4, 0.5) is 5.69 Å². The van der Waals surface area contributed by atoms with Gasteiger partial charge in [-0.1, -0.05) is 0 Å². The van der Waals surface area contributed by atoms with Crippen molar-refractivity contribution in [3.8, 4) is 5.75 Å². The first-order valence-electron chi connectivity index (χ1n) is 5.03. The second-order valence-electron chi connectivity index (χ2n) is 3.68. The van der Waals surface area contributed by atoms with Gasteiger partial charge in [0.05, 0.1) is 24.2 Å². The van der Waals surface area contributed by atoms with Gasteiger partial charge in [0, 0.05) is 6.07 Å². The van der Waals surface area contributed by atoms with Crippen LogP contribution in [-0.4, -0.2) is 23.2 Å². The van der Waals surface area contributed by atoms with E-state index in [0.717, 1.165) is 5.56 Å². The molecule has 0 bridgehead atoms. The molecule has 1 unspecified atom stereocenters. The highest BCUT2D eigenvalue weighted by atomic mass is 16.6. The van der Waals surface area contributed by atoms with Crippen LogP contribution >= 0.6 is 0 Å². The Morgan fingerprint density at radius 1 is 1.50 bits per heavy atom. The van der Waals surface area contributed by atoms with Crippen molar-refractivity contribution in [3.05, 3.63) is 33.9 Å². The average molecular weight is 225 g/mol. The van der Waals surface area contributed by atoms with Gasteiger partial charge < -0.3 is 9.84 Å². The van der Waals surface area contributed by atoms with Crippen molar-refractivity contribution in [2.24, 2.45) is 0 Å². The summed E-state index contributed by atoms with van der Waals surface area (Å²) in [4.78, 5) is 10.2. The summed E-state index contributed by atoms with van der Waals surface area (Å²) in [5, 5.41) is 19.8. The number of non-ortho nitro benzene ring substituents is 1. The molecule has 0 saturated heterocycles. The second-order valence-corrected chi connectivity index (χ2v) is 3.68. The molecule has 5 nitrogen and oxygen atoms in total. The minimum absolute atomic E-state index is 0.0138. The fraction of sp³-hybridized carbons (Fsp3) is 0.455. The van der Waals surface area contributed by atoms with E-state index in [4.69, 9.17) is 9.84 Å². The minimum Gasteiger partial charge on any atom is -0.496 e. The zero-order valence-corrected chi connectivity index (χ0v) is 9.34. The summed E-state index contributed by atoms with van der Waals surface area (Å²) < 4.78 is 4.99. The molecule has 0 fully saturated rings. The van der Waals surface area contributed by atoms with E-state index < -0.39 is 11.0 Å². The number of nitrogens with zero attached hydrogens (tertiary/aromatic N) is 1. The molecule has 1 aromatic rings. The predicted octanol–water partition coefficient (Wildman–Crippen LogP) is 1.92. The van der Waals surface area contributed by atoms with E-state index in [1.807, 2.05) is 0 Å². The topological polar surface area (TPSA) is 72.6 Å². The molecule has 0 saturated carbocycles. The number of aryl methyl sites for hydroxylation is 1. The molecule has 0 spiro atoms. The molecule has 1 N–H and O–H groups in total. The van der Waals surface area contributed by atoms with Gasteiger partial charge in [-0.2, -0.15) is 0 Å². The lowest BCUT2D eigenvalue weighted by molar-refractivity contribution is -0.385. The van der Waals surface area contributed by atoms with E-state index in [1.54, 1.807) is 13.0 Å². The third-order valence-electron chi connectivity index (χ3n) is 2.25. The number of rotatable bonds is 5. The van der Waals surface area contributed by atoms with E-state index in [2.05, 4.69) is 0 Å². The van der Waals surface area contributed by atoms with Crippen molar-refractivity contribution in [1.82, 2.24) is 0 Å². The monoisotopic (exact) mass is 225 g/mol. The van der Waals surface area contributed by atoms with Crippen LogP contribution in [0.2, 0.25) is 0 Å². The SMILES string of the molecule is COc1cc(CCC(C)O)cc([N+](=O)[O-])c1. The van der Waals surface area contributed by atoms with Crippen LogP contribution < -0.4 is 4.74 Å². The van der Waals surface area contributed by atoms with Gasteiger partial charge in [-0.25, -0.2) is 0 Å². The van der Waals surface area contributed by atoms with Gasteiger partial charge in [0.1, 0.15) is 5.75 Å². The summed E-state index contributed by atoms with van der Waals surface area (Å²) in [7, 11) is 1.47. The zero-order chi connectivity index (χ0) is 12.1. The lowest BCUT2D eigenvalue weighted by Crippen LogP contribution is -2.02. The lowest BCUT2D eigenvalue weighted by atomic mass is 10.1. The maximum absolute atomic E-state index is 10.7. The summed E-state index contributed by atoms with van der Waals surface area (Å²) in [5.74, 6) is 0.467. The van der Waals surface area contributed by atoms with Crippen LogP contribution in [-0.2, 0) is 6.42 Å². The molecule has 0 radical (unpaired) electrons.